The van der Waals surface area contributed by atoms with Crippen LogP contribution in [0, 0.1) is 0 Å². The summed E-state index contributed by atoms with van der Waals surface area (Å²) < 4.78 is 0. The first kappa shape index (κ1) is 11.0. The Morgan fingerprint density at radius 1 is 1.64 bits per heavy atom. The number of hydrogen-bond donors (Lipinski definition) is 2. The third-order valence-electron chi connectivity index (χ3n) is 2.32. The van der Waals surface area contributed by atoms with Gasteiger partial charge in [-0.1, -0.05) is 0 Å². The number of nitrogens with one attached hydrogen (secondary N) is 1. The molecule has 0 bridgehead atoms. The van der Waals surface area contributed by atoms with Crippen molar-refractivity contribution in [2.75, 3.05) is 13.6 Å². The van der Waals surface area contributed by atoms with Crippen LogP contribution in [0.3, 0.4) is 0 Å². The molecule has 2 amide bonds. The lowest BCUT2D eigenvalue weighted by molar-refractivity contribution is -0.133. The Morgan fingerprint density at radius 3 is 2.57 bits per heavy atom. The molecule has 1 fully saturated rings. The molecular weight excluding hydrogens is 182 g/mol. The van der Waals surface area contributed by atoms with Gasteiger partial charge >= 0.3 is 0 Å². The highest BCUT2D eigenvalue weighted by Crippen LogP contribution is 2.09. The number of hydrogen-bond acceptors (Lipinski definition) is 3. The largest absolute Gasteiger partial charge is 0.344 e. The molecule has 14 heavy (non-hydrogen) atoms. The maximum Gasteiger partial charge on any atom is 0.244 e. The number of rotatable bonds is 2. The quantitative estimate of drug-likeness (QED) is 0.603. The first-order valence-corrected chi connectivity index (χ1v) is 4.67. The van der Waals surface area contributed by atoms with E-state index in [1.54, 1.807) is 25.8 Å². The van der Waals surface area contributed by atoms with Crippen molar-refractivity contribution in [1.29, 1.82) is 0 Å². The Morgan fingerprint density at radius 2 is 2.21 bits per heavy atom. The smallest absolute Gasteiger partial charge is 0.244 e. The Kier molecular flexibility index (Phi) is 2.80. The van der Waals surface area contributed by atoms with E-state index in [0.717, 1.165) is 0 Å². The normalized spacial score (nSPS) is 22.7. The van der Waals surface area contributed by atoms with Crippen molar-refractivity contribution in [1.82, 2.24) is 10.2 Å². The molecular formula is C9H17N3O2. The Balaban J connectivity index is 2.54. The zero-order chi connectivity index (χ0) is 10.9. The molecule has 0 aromatic heterocycles. The van der Waals surface area contributed by atoms with Crippen molar-refractivity contribution in [3.05, 3.63) is 0 Å². The topological polar surface area (TPSA) is 75.4 Å². The van der Waals surface area contributed by atoms with Crippen LogP contribution in [0.25, 0.3) is 0 Å². The molecule has 1 heterocycles. The summed E-state index contributed by atoms with van der Waals surface area (Å²) in [6.45, 7) is 3.92. The van der Waals surface area contributed by atoms with E-state index in [1.165, 1.54) is 0 Å². The summed E-state index contributed by atoms with van der Waals surface area (Å²) in [4.78, 5) is 24.5. The number of carbonyl (C=O) groups is 2. The van der Waals surface area contributed by atoms with Crippen molar-refractivity contribution in [3.8, 4) is 0 Å². The van der Waals surface area contributed by atoms with Gasteiger partial charge in [-0.05, 0) is 20.3 Å². The molecule has 1 aliphatic rings. The number of amides is 2. The fraction of sp³-hybridized carbons (Fsp3) is 0.778. The second kappa shape index (κ2) is 3.57. The molecule has 3 N–H and O–H groups in total. The first-order valence-electron chi connectivity index (χ1n) is 4.67. The van der Waals surface area contributed by atoms with Gasteiger partial charge in [0.1, 0.15) is 6.04 Å². The van der Waals surface area contributed by atoms with Crippen molar-refractivity contribution >= 4 is 11.8 Å². The molecule has 5 nitrogen and oxygen atoms in total. The number of nitrogens with zero attached hydrogens (tertiary/aromatic N) is 1. The Bertz CT molecular complexity index is 257. The molecule has 0 radical (unpaired) electrons. The van der Waals surface area contributed by atoms with Crippen LogP contribution in [-0.4, -0.2) is 41.9 Å². The molecule has 1 rings (SSSR count). The van der Waals surface area contributed by atoms with E-state index in [0.29, 0.717) is 13.0 Å². The summed E-state index contributed by atoms with van der Waals surface area (Å²) in [7, 11) is 1.72. The molecule has 1 saturated heterocycles. The van der Waals surface area contributed by atoms with Gasteiger partial charge in [0, 0.05) is 13.6 Å². The highest BCUT2D eigenvalue weighted by molar-refractivity contribution is 5.92. The van der Waals surface area contributed by atoms with E-state index >= 15 is 0 Å². The maximum atomic E-state index is 11.5. The van der Waals surface area contributed by atoms with Gasteiger partial charge in [0.15, 0.2) is 0 Å². The lowest BCUT2D eigenvalue weighted by Crippen LogP contribution is -2.53. The summed E-state index contributed by atoms with van der Waals surface area (Å²) in [5.41, 5.74) is 4.67. The van der Waals surface area contributed by atoms with Gasteiger partial charge in [0.25, 0.3) is 0 Å². The van der Waals surface area contributed by atoms with E-state index in [9.17, 15) is 9.59 Å². The molecule has 5 heteroatoms. The van der Waals surface area contributed by atoms with Crippen molar-refractivity contribution in [2.45, 2.75) is 31.8 Å². The minimum Gasteiger partial charge on any atom is -0.344 e. The Labute approximate surface area is 83.6 Å². The molecule has 80 valence electrons. The van der Waals surface area contributed by atoms with E-state index in [-0.39, 0.29) is 11.8 Å². The second-order valence-electron chi connectivity index (χ2n) is 4.30. The number of nitrogens with two attached hydrogens (primary N) is 1. The SMILES string of the molecule is CN1CCC(NC(=O)C(C)(C)N)C1=O. The minimum atomic E-state index is -0.929. The molecule has 0 spiro atoms. The van der Waals surface area contributed by atoms with Crippen LogP contribution >= 0.6 is 0 Å². The number of likely N-dealkylation sites (N-methyl/N-ethyl adjacent to an activating group) is 1. The lowest BCUT2D eigenvalue weighted by atomic mass is 10.1. The minimum absolute atomic E-state index is 0.0393. The summed E-state index contributed by atoms with van der Waals surface area (Å²) in [6, 6.07) is -0.393. The van der Waals surface area contributed by atoms with Crippen molar-refractivity contribution < 1.29 is 9.59 Å². The Hall–Kier alpha value is -1.10. The monoisotopic (exact) mass is 199 g/mol. The first-order chi connectivity index (χ1) is 6.32. The maximum absolute atomic E-state index is 11.5. The van der Waals surface area contributed by atoms with Crippen LogP contribution in [0.4, 0.5) is 0 Å². The zero-order valence-corrected chi connectivity index (χ0v) is 8.83. The third-order valence-corrected chi connectivity index (χ3v) is 2.32. The van der Waals surface area contributed by atoms with Gasteiger partial charge in [0.05, 0.1) is 5.54 Å². The molecule has 1 aliphatic heterocycles. The summed E-state index contributed by atoms with van der Waals surface area (Å²) >= 11 is 0. The molecule has 1 unspecified atom stereocenters. The number of carbonyl (C=O) groups excluding carboxylic acids is 2. The average Bonchev–Trinajstić information content (AvgIpc) is 2.34. The van der Waals surface area contributed by atoms with Gasteiger partial charge < -0.3 is 16.0 Å². The van der Waals surface area contributed by atoms with Gasteiger partial charge in [-0.25, -0.2) is 0 Å². The van der Waals surface area contributed by atoms with Gasteiger partial charge in [-0.2, -0.15) is 0 Å². The zero-order valence-electron chi connectivity index (χ0n) is 8.83. The molecule has 0 saturated carbocycles. The second-order valence-corrected chi connectivity index (χ2v) is 4.30. The lowest BCUT2D eigenvalue weighted by Gasteiger charge is -2.20. The van der Waals surface area contributed by atoms with E-state index in [4.69, 9.17) is 5.73 Å². The highest BCUT2D eigenvalue weighted by atomic mass is 16.2. The van der Waals surface area contributed by atoms with Crippen LogP contribution in [0.1, 0.15) is 20.3 Å². The molecule has 1 atom stereocenters. The fourth-order valence-corrected chi connectivity index (χ4v) is 1.30. The van der Waals surface area contributed by atoms with Crippen molar-refractivity contribution in [3.63, 3.8) is 0 Å². The van der Waals surface area contributed by atoms with Gasteiger partial charge in [-0.3, -0.25) is 9.59 Å². The van der Waals surface area contributed by atoms with E-state index in [1.807, 2.05) is 0 Å². The van der Waals surface area contributed by atoms with Crippen LogP contribution in [0.15, 0.2) is 0 Å². The predicted molar refractivity (Wildman–Crippen MR) is 52.5 cm³/mol. The summed E-state index contributed by atoms with van der Waals surface area (Å²) in [6.07, 6.45) is 0.664. The highest BCUT2D eigenvalue weighted by Gasteiger charge is 2.33. The van der Waals surface area contributed by atoms with Crippen LogP contribution in [0.2, 0.25) is 0 Å². The standard InChI is InChI=1S/C9H17N3O2/c1-9(2,10)8(14)11-6-4-5-12(3)7(6)13/h6H,4-5,10H2,1-3H3,(H,11,14). The summed E-state index contributed by atoms with van der Waals surface area (Å²) in [5, 5.41) is 2.64. The molecule has 0 aliphatic carbocycles. The molecule has 0 aromatic rings. The van der Waals surface area contributed by atoms with Gasteiger partial charge in [-0.15, -0.1) is 0 Å². The fourth-order valence-electron chi connectivity index (χ4n) is 1.30. The number of likely N-dealkylation sites (tertiary alicyclic amines) is 1. The molecule has 0 aromatic carbocycles. The average molecular weight is 199 g/mol. The van der Waals surface area contributed by atoms with Crippen molar-refractivity contribution in [2.24, 2.45) is 5.73 Å². The van der Waals surface area contributed by atoms with Crippen LogP contribution in [0.5, 0.6) is 0 Å². The van der Waals surface area contributed by atoms with Gasteiger partial charge in [0.2, 0.25) is 11.8 Å². The van der Waals surface area contributed by atoms with Crippen LogP contribution < -0.4 is 11.1 Å². The predicted octanol–water partition coefficient (Wildman–Crippen LogP) is -0.929. The van der Waals surface area contributed by atoms with E-state index in [2.05, 4.69) is 5.32 Å². The summed E-state index contributed by atoms with van der Waals surface area (Å²) in [5.74, 6) is -0.325. The third kappa shape index (κ3) is 2.23. The van der Waals surface area contributed by atoms with Crippen LogP contribution in [-0.2, 0) is 9.59 Å². The van der Waals surface area contributed by atoms with E-state index < -0.39 is 11.6 Å².